The summed E-state index contributed by atoms with van der Waals surface area (Å²) in [7, 11) is -4.44. The summed E-state index contributed by atoms with van der Waals surface area (Å²) < 4.78 is 10.9. The Morgan fingerprint density at radius 2 is 2.06 bits per heavy atom. The summed E-state index contributed by atoms with van der Waals surface area (Å²) in [6.07, 6.45) is -1.94. The maximum absolute atomic E-state index is 11.1. The lowest BCUT2D eigenvalue weighted by Crippen LogP contribution is -2.49. The molecule has 0 saturated heterocycles. The van der Waals surface area contributed by atoms with Gasteiger partial charge in [-0.2, -0.15) is 0 Å². The number of carboxylic acids is 1. The van der Waals surface area contributed by atoms with E-state index in [0.29, 0.717) is 5.82 Å². The third-order valence-electron chi connectivity index (χ3n) is 3.67. The fourth-order valence-electron chi connectivity index (χ4n) is 2.99. The molecule has 102 valence electrons. The Balaban J connectivity index is 2.37. The van der Waals surface area contributed by atoms with Gasteiger partial charge < -0.3 is 30.8 Å². The van der Waals surface area contributed by atoms with E-state index in [0.717, 1.165) is 0 Å². The van der Waals surface area contributed by atoms with Gasteiger partial charge >= 0.3 is 13.6 Å². The van der Waals surface area contributed by atoms with Crippen molar-refractivity contribution in [1.29, 1.82) is 0 Å². The van der Waals surface area contributed by atoms with Gasteiger partial charge in [0, 0.05) is 17.7 Å². The molecule has 2 saturated carbocycles. The van der Waals surface area contributed by atoms with Crippen molar-refractivity contribution in [3.8, 4) is 0 Å². The molecule has 2 aliphatic rings. The normalized spacial score (nSPS) is 41.2. The topological polar surface area (TPSA) is 161 Å². The predicted molar refractivity (Wildman–Crippen MR) is 58.0 cm³/mol. The molecule has 2 fully saturated rings. The van der Waals surface area contributed by atoms with Crippen LogP contribution in [-0.4, -0.2) is 42.9 Å². The SMILES string of the molecule is NC1(C(=O)O)CC(=CP(=O)(O)O)C2C(C(O)O)C21. The molecule has 0 aromatic heterocycles. The Hall–Kier alpha value is -0.760. The Labute approximate surface area is 102 Å². The van der Waals surface area contributed by atoms with Gasteiger partial charge in [-0.25, -0.2) is 0 Å². The Kier molecular flexibility index (Phi) is 2.93. The van der Waals surface area contributed by atoms with Crippen LogP contribution in [0, 0.1) is 17.8 Å². The van der Waals surface area contributed by atoms with Crippen LogP contribution in [0.3, 0.4) is 0 Å². The van der Waals surface area contributed by atoms with E-state index < -0.39 is 43.1 Å². The highest BCUT2D eigenvalue weighted by Gasteiger charge is 2.71. The van der Waals surface area contributed by atoms with Crippen LogP contribution in [0.1, 0.15) is 6.42 Å². The van der Waals surface area contributed by atoms with Crippen LogP contribution in [0.15, 0.2) is 11.4 Å². The zero-order valence-electron chi connectivity index (χ0n) is 9.17. The number of nitrogens with two attached hydrogens (primary N) is 1. The van der Waals surface area contributed by atoms with Gasteiger partial charge in [-0.15, -0.1) is 0 Å². The first-order valence-corrected chi connectivity index (χ1v) is 6.91. The van der Waals surface area contributed by atoms with E-state index in [1.165, 1.54) is 0 Å². The second-order valence-corrected chi connectivity index (χ2v) is 6.29. The molecule has 2 aliphatic carbocycles. The number of aliphatic hydroxyl groups excluding tert-OH is 1. The number of rotatable bonds is 3. The monoisotopic (exact) mass is 279 g/mol. The van der Waals surface area contributed by atoms with Crippen LogP contribution in [0.2, 0.25) is 0 Å². The molecule has 0 bridgehead atoms. The van der Waals surface area contributed by atoms with Crippen LogP contribution < -0.4 is 5.73 Å². The van der Waals surface area contributed by atoms with Crippen LogP contribution >= 0.6 is 7.60 Å². The smallest absolute Gasteiger partial charge is 0.349 e. The van der Waals surface area contributed by atoms with Crippen molar-refractivity contribution in [2.24, 2.45) is 23.5 Å². The molecule has 7 N–H and O–H groups in total. The number of aliphatic carboxylic acids is 1. The lowest BCUT2D eigenvalue weighted by atomic mass is 9.90. The van der Waals surface area contributed by atoms with E-state index >= 15 is 0 Å². The van der Waals surface area contributed by atoms with Gasteiger partial charge in [0.25, 0.3) is 0 Å². The summed E-state index contributed by atoms with van der Waals surface area (Å²) in [6.45, 7) is 0. The number of hydrogen-bond acceptors (Lipinski definition) is 5. The Bertz CT molecular complexity index is 470. The van der Waals surface area contributed by atoms with E-state index in [9.17, 15) is 9.36 Å². The summed E-state index contributed by atoms with van der Waals surface area (Å²) in [4.78, 5) is 28.9. The zero-order valence-corrected chi connectivity index (χ0v) is 10.1. The fourth-order valence-corrected chi connectivity index (χ4v) is 3.68. The van der Waals surface area contributed by atoms with Gasteiger partial charge in [0.1, 0.15) is 5.54 Å². The maximum atomic E-state index is 11.1. The van der Waals surface area contributed by atoms with Gasteiger partial charge in [0.05, 0.1) is 0 Å². The Morgan fingerprint density at radius 1 is 1.50 bits per heavy atom. The fraction of sp³-hybridized carbons (Fsp3) is 0.667. The number of hydrogen-bond donors (Lipinski definition) is 6. The number of carboxylic acid groups (broad SMARTS) is 1. The van der Waals surface area contributed by atoms with Crippen molar-refractivity contribution in [3.05, 3.63) is 11.4 Å². The largest absolute Gasteiger partial charge is 0.480 e. The molecule has 0 radical (unpaired) electrons. The molecule has 8 nitrogen and oxygen atoms in total. The molecule has 0 aromatic rings. The van der Waals surface area contributed by atoms with Crippen molar-refractivity contribution in [2.45, 2.75) is 18.2 Å². The molecule has 0 amide bonds. The first kappa shape index (κ1) is 13.7. The molecule has 2 rings (SSSR count). The van der Waals surface area contributed by atoms with Crippen molar-refractivity contribution in [2.75, 3.05) is 0 Å². The first-order valence-electron chi connectivity index (χ1n) is 5.23. The summed E-state index contributed by atoms with van der Waals surface area (Å²) >= 11 is 0. The molecular weight excluding hydrogens is 265 g/mol. The van der Waals surface area contributed by atoms with E-state index in [1.807, 2.05) is 0 Å². The van der Waals surface area contributed by atoms with Crippen LogP contribution in [0.5, 0.6) is 0 Å². The second kappa shape index (κ2) is 3.86. The van der Waals surface area contributed by atoms with E-state index in [2.05, 4.69) is 0 Å². The zero-order chi connectivity index (χ0) is 13.9. The third-order valence-corrected chi connectivity index (χ3v) is 4.34. The molecule has 4 unspecified atom stereocenters. The first-order chi connectivity index (χ1) is 8.08. The lowest BCUT2D eigenvalue weighted by molar-refractivity contribution is -0.144. The molecular formula is C9H14NO7P. The summed E-state index contributed by atoms with van der Waals surface area (Å²) in [5, 5.41) is 27.3. The van der Waals surface area contributed by atoms with E-state index in [1.54, 1.807) is 0 Å². The van der Waals surface area contributed by atoms with E-state index in [4.69, 9.17) is 30.8 Å². The minimum Gasteiger partial charge on any atom is -0.480 e. The van der Waals surface area contributed by atoms with Gasteiger partial charge in [0.15, 0.2) is 6.29 Å². The second-order valence-electron chi connectivity index (χ2n) is 4.86. The number of carbonyl (C=O) groups is 1. The van der Waals surface area contributed by atoms with Gasteiger partial charge in [-0.1, -0.05) is 5.57 Å². The molecule has 18 heavy (non-hydrogen) atoms. The van der Waals surface area contributed by atoms with Crippen LogP contribution in [0.25, 0.3) is 0 Å². The minimum atomic E-state index is -4.44. The van der Waals surface area contributed by atoms with Crippen LogP contribution in [-0.2, 0) is 9.36 Å². The minimum absolute atomic E-state index is 0.188. The van der Waals surface area contributed by atoms with Crippen molar-refractivity contribution in [3.63, 3.8) is 0 Å². The third kappa shape index (κ3) is 2.01. The maximum Gasteiger partial charge on any atom is 0.349 e. The Morgan fingerprint density at radius 3 is 2.44 bits per heavy atom. The van der Waals surface area contributed by atoms with Crippen LogP contribution in [0.4, 0.5) is 0 Å². The summed E-state index contributed by atoms with van der Waals surface area (Å²) in [6, 6.07) is 0. The molecule has 9 heteroatoms. The summed E-state index contributed by atoms with van der Waals surface area (Å²) in [5.41, 5.74) is 4.21. The molecule has 0 aromatic carbocycles. The highest BCUT2D eigenvalue weighted by molar-refractivity contribution is 7.55. The highest BCUT2D eigenvalue weighted by Crippen LogP contribution is 2.66. The molecule has 0 heterocycles. The predicted octanol–water partition coefficient (Wildman–Crippen LogP) is -1.59. The molecule has 0 aliphatic heterocycles. The highest BCUT2D eigenvalue weighted by atomic mass is 31.2. The average Bonchev–Trinajstić information content (AvgIpc) is 2.82. The number of aliphatic hydroxyl groups is 2. The van der Waals surface area contributed by atoms with Gasteiger partial charge in [-0.05, 0) is 12.3 Å². The lowest BCUT2D eigenvalue weighted by Gasteiger charge is -2.23. The quantitative estimate of drug-likeness (QED) is 0.266. The molecule has 0 spiro atoms. The van der Waals surface area contributed by atoms with Gasteiger partial charge in [-0.3, -0.25) is 9.36 Å². The van der Waals surface area contributed by atoms with Crippen molar-refractivity contribution < 1.29 is 34.5 Å². The van der Waals surface area contributed by atoms with Crippen molar-refractivity contribution in [1.82, 2.24) is 0 Å². The number of fused-ring (bicyclic) bond motifs is 1. The van der Waals surface area contributed by atoms with Crippen molar-refractivity contribution >= 4 is 13.6 Å². The standard InChI is InChI=1S/C9H14NO7P/c10-9(8(13)14)1-3(2-18(15,16)17)4-5(6(4)9)7(11)12/h2,4-7,11-12H,1,10H2,(H,13,14)(H2,15,16,17). The molecule has 4 atom stereocenters. The summed E-state index contributed by atoms with van der Waals surface area (Å²) in [5.74, 6) is -2.69. The average molecular weight is 279 g/mol. The van der Waals surface area contributed by atoms with E-state index in [-0.39, 0.29) is 12.0 Å². The van der Waals surface area contributed by atoms with Gasteiger partial charge in [0.2, 0.25) is 0 Å².